The van der Waals surface area contributed by atoms with Gasteiger partial charge in [-0.3, -0.25) is 9.59 Å². The van der Waals surface area contributed by atoms with Crippen LogP contribution in [0.5, 0.6) is 0 Å². The molecule has 2 rings (SSSR count). The minimum atomic E-state index is -0.553. The highest BCUT2D eigenvalue weighted by atomic mass is 32.1. The lowest BCUT2D eigenvalue weighted by atomic mass is 10.3. The number of thiazole rings is 1. The summed E-state index contributed by atoms with van der Waals surface area (Å²) in [5.74, 6) is -1.01. The van der Waals surface area contributed by atoms with E-state index >= 15 is 0 Å². The molecule has 2 N–H and O–H groups in total. The van der Waals surface area contributed by atoms with Crippen LogP contribution in [0, 0.1) is 6.92 Å². The van der Waals surface area contributed by atoms with E-state index in [0.717, 1.165) is 23.8 Å². The van der Waals surface area contributed by atoms with Crippen molar-refractivity contribution in [2.75, 3.05) is 26.2 Å². The van der Waals surface area contributed by atoms with Gasteiger partial charge >= 0.3 is 11.8 Å². The van der Waals surface area contributed by atoms with E-state index in [9.17, 15) is 9.59 Å². The first-order valence-electron chi connectivity index (χ1n) is 6.30. The molecule has 0 radical (unpaired) electrons. The van der Waals surface area contributed by atoms with Gasteiger partial charge in [-0.25, -0.2) is 4.98 Å². The van der Waals surface area contributed by atoms with Crippen LogP contribution < -0.4 is 10.6 Å². The third-order valence-corrected chi connectivity index (χ3v) is 4.10. The van der Waals surface area contributed by atoms with E-state index in [1.165, 1.54) is 11.3 Å². The molecule has 1 saturated heterocycles. The number of aromatic nitrogens is 1. The average Bonchev–Trinajstić information content (AvgIpc) is 2.85. The van der Waals surface area contributed by atoms with Gasteiger partial charge in [0.2, 0.25) is 0 Å². The van der Waals surface area contributed by atoms with Crippen LogP contribution in [0.2, 0.25) is 0 Å². The summed E-state index contributed by atoms with van der Waals surface area (Å²) in [6.45, 7) is 6.37. The minimum Gasteiger partial charge on any atom is -0.339 e. The molecule has 0 saturated carbocycles. The second-order valence-corrected chi connectivity index (χ2v) is 5.45. The second kappa shape index (κ2) is 6.12. The molecule has 0 bridgehead atoms. The number of nitrogens with zero attached hydrogens (tertiary/aromatic N) is 2. The minimum absolute atomic E-state index is 0.238. The molecule has 1 unspecified atom stereocenters. The number of carbonyl (C=O) groups excluding carboxylic acids is 2. The van der Waals surface area contributed by atoms with E-state index in [1.54, 1.807) is 4.90 Å². The molecule has 0 aromatic carbocycles. The van der Waals surface area contributed by atoms with E-state index in [0.29, 0.717) is 13.1 Å². The SMILES string of the molecule is Cc1csc(C(C)NC(=O)C(=O)N2CCNCC2)n1. The van der Waals surface area contributed by atoms with Gasteiger partial charge in [0.15, 0.2) is 0 Å². The van der Waals surface area contributed by atoms with Gasteiger partial charge in [0.25, 0.3) is 0 Å². The monoisotopic (exact) mass is 282 g/mol. The van der Waals surface area contributed by atoms with Gasteiger partial charge in [0.1, 0.15) is 5.01 Å². The fraction of sp³-hybridized carbons (Fsp3) is 0.583. The lowest BCUT2D eigenvalue weighted by Crippen LogP contribution is -2.51. The van der Waals surface area contributed by atoms with Gasteiger partial charge in [-0.05, 0) is 13.8 Å². The molecule has 7 heteroatoms. The van der Waals surface area contributed by atoms with Crippen LogP contribution in [0.15, 0.2) is 5.38 Å². The molecule has 1 aliphatic rings. The Balaban J connectivity index is 1.91. The van der Waals surface area contributed by atoms with Gasteiger partial charge in [0, 0.05) is 37.3 Å². The number of amides is 2. The Morgan fingerprint density at radius 2 is 2.16 bits per heavy atom. The molecule has 6 nitrogen and oxygen atoms in total. The molecule has 104 valence electrons. The molecule has 1 fully saturated rings. The Morgan fingerprint density at radius 1 is 1.47 bits per heavy atom. The average molecular weight is 282 g/mol. The summed E-state index contributed by atoms with van der Waals surface area (Å²) in [6.07, 6.45) is 0. The van der Waals surface area contributed by atoms with E-state index in [1.807, 2.05) is 19.2 Å². The lowest BCUT2D eigenvalue weighted by molar-refractivity contribution is -0.146. The highest BCUT2D eigenvalue weighted by Crippen LogP contribution is 2.17. The number of carbonyl (C=O) groups is 2. The van der Waals surface area contributed by atoms with E-state index in [2.05, 4.69) is 15.6 Å². The van der Waals surface area contributed by atoms with Gasteiger partial charge < -0.3 is 15.5 Å². The van der Waals surface area contributed by atoms with Crippen LogP contribution in [-0.2, 0) is 9.59 Å². The molecular weight excluding hydrogens is 264 g/mol. The quantitative estimate of drug-likeness (QED) is 0.752. The van der Waals surface area contributed by atoms with E-state index in [4.69, 9.17) is 0 Å². The van der Waals surface area contributed by atoms with Crippen molar-refractivity contribution in [2.45, 2.75) is 19.9 Å². The van der Waals surface area contributed by atoms with E-state index in [-0.39, 0.29) is 6.04 Å². The maximum Gasteiger partial charge on any atom is 0.311 e. The van der Waals surface area contributed by atoms with Crippen LogP contribution in [0.1, 0.15) is 23.7 Å². The maximum absolute atomic E-state index is 11.9. The summed E-state index contributed by atoms with van der Waals surface area (Å²) < 4.78 is 0. The number of piperazine rings is 1. The first kappa shape index (κ1) is 14.0. The Morgan fingerprint density at radius 3 is 2.74 bits per heavy atom. The highest BCUT2D eigenvalue weighted by molar-refractivity contribution is 7.09. The number of rotatable bonds is 2. The van der Waals surface area contributed by atoms with Gasteiger partial charge in [-0.15, -0.1) is 11.3 Å². The maximum atomic E-state index is 11.9. The Labute approximate surface area is 116 Å². The third-order valence-electron chi connectivity index (χ3n) is 2.95. The van der Waals surface area contributed by atoms with Gasteiger partial charge in [0.05, 0.1) is 6.04 Å². The van der Waals surface area contributed by atoms with Crippen LogP contribution >= 0.6 is 11.3 Å². The summed E-state index contributed by atoms with van der Waals surface area (Å²) in [7, 11) is 0. The molecule has 2 amide bonds. The van der Waals surface area contributed by atoms with Crippen molar-refractivity contribution < 1.29 is 9.59 Å². The zero-order valence-corrected chi connectivity index (χ0v) is 11.9. The number of hydrogen-bond donors (Lipinski definition) is 2. The molecule has 1 atom stereocenters. The first-order chi connectivity index (χ1) is 9.08. The molecule has 2 heterocycles. The fourth-order valence-corrected chi connectivity index (χ4v) is 2.71. The Hall–Kier alpha value is -1.47. The molecule has 1 aliphatic heterocycles. The summed E-state index contributed by atoms with van der Waals surface area (Å²) in [6, 6.07) is -0.238. The largest absolute Gasteiger partial charge is 0.339 e. The van der Waals surface area contributed by atoms with Gasteiger partial charge in [-0.1, -0.05) is 0 Å². The molecule has 19 heavy (non-hydrogen) atoms. The predicted octanol–water partition coefficient (Wildman–Crippen LogP) is 0.0605. The summed E-state index contributed by atoms with van der Waals surface area (Å²) in [5, 5.41) is 8.59. The zero-order chi connectivity index (χ0) is 13.8. The smallest absolute Gasteiger partial charge is 0.311 e. The fourth-order valence-electron chi connectivity index (χ4n) is 1.90. The van der Waals surface area contributed by atoms with Crippen molar-refractivity contribution in [2.24, 2.45) is 0 Å². The normalized spacial score (nSPS) is 17.1. The topological polar surface area (TPSA) is 74.3 Å². The highest BCUT2D eigenvalue weighted by Gasteiger charge is 2.25. The molecule has 1 aromatic rings. The first-order valence-corrected chi connectivity index (χ1v) is 7.18. The lowest BCUT2D eigenvalue weighted by Gasteiger charge is -2.27. The molecule has 1 aromatic heterocycles. The second-order valence-electron chi connectivity index (χ2n) is 4.56. The number of nitrogens with one attached hydrogen (secondary N) is 2. The van der Waals surface area contributed by atoms with Crippen molar-refractivity contribution in [3.63, 3.8) is 0 Å². The van der Waals surface area contributed by atoms with Crippen LogP contribution in [-0.4, -0.2) is 47.9 Å². The number of aryl methyl sites for hydroxylation is 1. The van der Waals surface area contributed by atoms with Gasteiger partial charge in [-0.2, -0.15) is 0 Å². The molecule has 0 aliphatic carbocycles. The summed E-state index contributed by atoms with van der Waals surface area (Å²) in [4.78, 5) is 29.7. The van der Waals surface area contributed by atoms with Crippen molar-refractivity contribution in [3.05, 3.63) is 16.1 Å². The molecule has 0 spiro atoms. The predicted molar refractivity (Wildman–Crippen MR) is 72.9 cm³/mol. The third kappa shape index (κ3) is 3.51. The Kier molecular flexibility index (Phi) is 4.49. The summed E-state index contributed by atoms with van der Waals surface area (Å²) >= 11 is 1.49. The number of hydrogen-bond acceptors (Lipinski definition) is 5. The van der Waals surface area contributed by atoms with Crippen LogP contribution in [0.3, 0.4) is 0 Å². The van der Waals surface area contributed by atoms with E-state index < -0.39 is 11.8 Å². The van der Waals surface area contributed by atoms with Crippen molar-refractivity contribution >= 4 is 23.2 Å². The van der Waals surface area contributed by atoms with Crippen molar-refractivity contribution in [1.82, 2.24) is 20.5 Å². The standard InChI is InChI=1S/C12H18N4O2S/c1-8-7-19-11(14-8)9(2)15-10(17)12(18)16-5-3-13-4-6-16/h7,9,13H,3-6H2,1-2H3,(H,15,17). The Bertz CT molecular complexity index is 468. The molecular formula is C12H18N4O2S. The van der Waals surface area contributed by atoms with Crippen molar-refractivity contribution in [1.29, 1.82) is 0 Å². The van der Waals surface area contributed by atoms with Crippen LogP contribution in [0.4, 0.5) is 0 Å². The van der Waals surface area contributed by atoms with Crippen molar-refractivity contribution in [3.8, 4) is 0 Å². The van der Waals surface area contributed by atoms with Crippen LogP contribution in [0.25, 0.3) is 0 Å². The summed E-state index contributed by atoms with van der Waals surface area (Å²) in [5.41, 5.74) is 0.925. The zero-order valence-electron chi connectivity index (χ0n) is 11.1.